The third-order valence-electron chi connectivity index (χ3n) is 4.98. The molecule has 10 heteroatoms. The van der Waals surface area contributed by atoms with E-state index < -0.39 is 11.8 Å². The van der Waals surface area contributed by atoms with Gasteiger partial charge in [-0.1, -0.05) is 17.7 Å². The van der Waals surface area contributed by atoms with E-state index in [9.17, 15) is 14.4 Å². The number of aryl methyl sites for hydroxylation is 1. The van der Waals surface area contributed by atoms with Crippen LogP contribution in [0.3, 0.4) is 0 Å². The molecule has 0 aliphatic carbocycles. The van der Waals surface area contributed by atoms with Crippen LogP contribution in [0.25, 0.3) is 0 Å². The third kappa shape index (κ3) is 7.59. The summed E-state index contributed by atoms with van der Waals surface area (Å²) in [4.78, 5) is 35.8. The van der Waals surface area contributed by atoms with Crippen LogP contribution in [-0.4, -0.2) is 56.9 Å². The molecule has 10 nitrogen and oxygen atoms in total. The predicted molar refractivity (Wildman–Crippen MR) is 126 cm³/mol. The minimum atomic E-state index is -0.874. The van der Waals surface area contributed by atoms with Gasteiger partial charge in [0.15, 0.2) is 18.1 Å². The largest absolute Gasteiger partial charge is 0.493 e. The Hall–Kier alpha value is -3.92. The zero-order valence-corrected chi connectivity index (χ0v) is 19.1. The van der Waals surface area contributed by atoms with Gasteiger partial charge in [-0.3, -0.25) is 14.4 Å². The molecular weight excluding hydrogens is 440 g/mol. The number of rotatable bonds is 9. The van der Waals surface area contributed by atoms with Gasteiger partial charge in [0.05, 0.1) is 19.4 Å². The summed E-state index contributed by atoms with van der Waals surface area (Å²) in [5.74, 6) is -1.21. The highest BCUT2D eigenvalue weighted by Gasteiger charge is 2.19. The van der Waals surface area contributed by atoms with E-state index in [0.717, 1.165) is 18.4 Å². The van der Waals surface area contributed by atoms with E-state index in [0.29, 0.717) is 29.4 Å². The van der Waals surface area contributed by atoms with Crippen molar-refractivity contribution < 1.29 is 28.6 Å². The number of carbonyl (C=O) groups excluding carboxylic acids is 3. The summed E-state index contributed by atoms with van der Waals surface area (Å²) in [5, 5.41) is 9.07. The molecule has 34 heavy (non-hydrogen) atoms. The molecule has 3 rings (SSSR count). The lowest BCUT2D eigenvalue weighted by Crippen LogP contribution is -2.41. The van der Waals surface area contributed by atoms with Gasteiger partial charge in [-0.25, -0.2) is 5.43 Å². The van der Waals surface area contributed by atoms with Crippen LogP contribution >= 0.6 is 0 Å². The minimum absolute atomic E-state index is 0.0536. The number of methoxy groups -OCH3 is 1. The molecule has 2 aromatic carbocycles. The summed E-state index contributed by atoms with van der Waals surface area (Å²) in [6.07, 6.45) is 3.12. The molecule has 0 spiro atoms. The Bertz CT molecular complexity index is 1030. The quantitative estimate of drug-likeness (QED) is 0.292. The van der Waals surface area contributed by atoms with Crippen LogP contribution in [0, 0.1) is 6.92 Å². The van der Waals surface area contributed by atoms with E-state index in [2.05, 4.69) is 21.2 Å². The number of hydrazone groups is 1. The summed E-state index contributed by atoms with van der Waals surface area (Å²) in [6, 6.07) is 12.3. The first-order valence-electron chi connectivity index (χ1n) is 10.8. The number of benzene rings is 2. The first-order valence-corrected chi connectivity index (χ1v) is 10.8. The van der Waals surface area contributed by atoms with Crippen LogP contribution in [0.4, 0.5) is 5.69 Å². The van der Waals surface area contributed by atoms with Crippen molar-refractivity contribution in [2.75, 3.05) is 32.2 Å². The molecule has 0 unspecified atom stereocenters. The van der Waals surface area contributed by atoms with Crippen molar-refractivity contribution in [2.45, 2.75) is 25.9 Å². The molecule has 1 fully saturated rings. The molecule has 3 amide bonds. The molecule has 0 radical (unpaired) electrons. The highest BCUT2D eigenvalue weighted by atomic mass is 16.5. The van der Waals surface area contributed by atoms with Gasteiger partial charge in [0, 0.05) is 18.8 Å². The highest BCUT2D eigenvalue weighted by molar-refractivity contribution is 6.35. The molecule has 1 heterocycles. The first-order chi connectivity index (χ1) is 16.4. The molecule has 180 valence electrons. The molecule has 0 saturated carbocycles. The highest BCUT2D eigenvalue weighted by Crippen LogP contribution is 2.27. The SMILES string of the molecule is COc1cc(/C=N\NC(=O)C(=O)NC[C@H]2CCCO2)ccc1OCC(=O)Nc1ccc(C)cc1. The van der Waals surface area contributed by atoms with Crippen LogP contribution in [0.5, 0.6) is 11.5 Å². The number of ether oxygens (including phenoxy) is 3. The Labute approximate surface area is 197 Å². The van der Waals surface area contributed by atoms with Gasteiger partial charge in [0.1, 0.15) is 0 Å². The molecule has 1 atom stereocenters. The standard InChI is InChI=1S/C24H28N4O6/c1-16-5-8-18(9-6-16)27-22(29)15-34-20-10-7-17(12-21(20)32-2)13-26-28-24(31)23(30)25-14-19-4-3-11-33-19/h5-10,12-13,19H,3-4,11,14-15H2,1-2H3,(H,25,30)(H,27,29)(H,28,31)/b26-13-/t19-/m1/s1. The van der Waals surface area contributed by atoms with E-state index in [-0.39, 0.29) is 25.2 Å². The number of hydrogen-bond acceptors (Lipinski definition) is 7. The van der Waals surface area contributed by atoms with E-state index >= 15 is 0 Å². The topological polar surface area (TPSA) is 127 Å². The molecule has 0 aromatic heterocycles. The number of amides is 3. The monoisotopic (exact) mass is 468 g/mol. The molecule has 1 aliphatic heterocycles. The summed E-state index contributed by atoms with van der Waals surface area (Å²) >= 11 is 0. The smallest absolute Gasteiger partial charge is 0.329 e. The van der Waals surface area contributed by atoms with Gasteiger partial charge in [-0.2, -0.15) is 5.10 Å². The lowest BCUT2D eigenvalue weighted by atomic mass is 10.2. The Kier molecular flexibility index (Phi) is 8.98. The molecule has 1 aliphatic rings. The fourth-order valence-electron chi connectivity index (χ4n) is 3.17. The molecule has 2 aromatic rings. The van der Waals surface area contributed by atoms with Crippen LogP contribution in [0.2, 0.25) is 0 Å². The second kappa shape index (κ2) is 12.4. The second-order valence-electron chi connectivity index (χ2n) is 7.66. The van der Waals surface area contributed by atoms with Crippen molar-refractivity contribution in [1.82, 2.24) is 10.7 Å². The van der Waals surface area contributed by atoms with E-state index in [1.807, 2.05) is 31.2 Å². The second-order valence-corrected chi connectivity index (χ2v) is 7.66. The predicted octanol–water partition coefficient (Wildman–Crippen LogP) is 1.77. The van der Waals surface area contributed by atoms with Crippen LogP contribution < -0.4 is 25.5 Å². The van der Waals surface area contributed by atoms with Crippen molar-refractivity contribution in [1.29, 1.82) is 0 Å². The van der Waals surface area contributed by atoms with Crippen molar-refractivity contribution in [2.24, 2.45) is 5.10 Å². The van der Waals surface area contributed by atoms with Crippen molar-refractivity contribution in [3.63, 3.8) is 0 Å². The van der Waals surface area contributed by atoms with E-state index in [1.54, 1.807) is 18.2 Å². The number of anilines is 1. The molecule has 1 saturated heterocycles. The fourth-order valence-corrected chi connectivity index (χ4v) is 3.17. The first kappa shape index (κ1) is 24.7. The van der Waals surface area contributed by atoms with Gasteiger partial charge in [-0.15, -0.1) is 0 Å². The molecule has 3 N–H and O–H groups in total. The number of hydrogen-bond donors (Lipinski definition) is 3. The lowest BCUT2D eigenvalue weighted by molar-refractivity contribution is -0.139. The van der Waals surface area contributed by atoms with Crippen molar-refractivity contribution in [3.8, 4) is 11.5 Å². The van der Waals surface area contributed by atoms with Gasteiger partial charge in [0.2, 0.25) is 0 Å². The Morgan fingerprint density at radius 1 is 1.12 bits per heavy atom. The minimum Gasteiger partial charge on any atom is -0.493 e. The number of carbonyl (C=O) groups is 3. The summed E-state index contributed by atoms with van der Waals surface area (Å²) in [6.45, 7) is 2.73. The van der Waals surface area contributed by atoms with Crippen molar-refractivity contribution in [3.05, 3.63) is 53.6 Å². The number of nitrogens with zero attached hydrogens (tertiary/aromatic N) is 1. The van der Waals surface area contributed by atoms with Gasteiger partial charge in [-0.05, 0) is 55.7 Å². The summed E-state index contributed by atoms with van der Waals surface area (Å²) < 4.78 is 16.3. The number of nitrogens with one attached hydrogen (secondary N) is 3. The normalized spacial score (nSPS) is 15.1. The fraction of sp³-hybridized carbons (Fsp3) is 0.333. The lowest BCUT2D eigenvalue weighted by Gasteiger charge is -2.11. The van der Waals surface area contributed by atoms with Gasteiger partial charge in [0.25, 0.3) is 5.91 Å². The Balaban J connectivity index is 1.47. The van der Waals surface area contributed by atoms with E-state index in [1.165, 1.54) is 13.3 Å². The zero-order chi connectivity index (χ0) is 24.3. The third-order valence-corrected chi connectivity index (χ3v) is 4.98. The maximum Gasteiger partial charge on any atom is 0.329 e. The average molecular weight is 469 g/mol. The molecular formula is C24H28N4O6. The summed E-state index contributed by atoms with van der Waals surface area (Å²) in [5.41, 5.74) is 4.55. The van der Waals surface area contributed by atoms with E-state index in [4.69, 9.17) is 14.2 Å². The van der Waals surface area contributed by atoms with Gasteiger partial charge >= 0.3 is 11.8 Å². The Morgan fingerprint density at radius 3 is 2.62 bits per heavy atom. The van der Waals surface area contributed by atoms with Gasteiger partial charge < -0.3 is 24.8 Å². The Morgan fingerprint density at radius 2 is 1.91 bits per heavy atom. The van der Waals surface area contributed by atoms with Crippen molar-refractivity contribution >= 4 is 29.6 Å². The maximum absolute atomic E-state index is 12.1. The molecule has 0 bridgehead atoms. The average Bonchev–Trinajstić information content (AvgIpc) is 3.36. The zero-order valence-electron chi connectivity index (χ0n) is 19.1. The van der Waals surface area contributed by atoms with Crippen LogP contribution in [0.15, 0.2) is 47.6 Å². The van der Waals surface area contributed by atoms with Crippen LogP contribution in [-0.2, 0) is 19.1 Å². The maximum atomic E-state index is 12.1. The summed E-state index contributed by atoms with van der Waals surface area (Å²) in [7, 11) is 1.47. The van der Waals surface area contributed by atoms with Crippen LogP contribution in [0.1, 0.15) is 24.0 Å².